The summed E-state index contributed by atoms with van der Waals surface area (Å²) in [6.07, 6.45) is 6.31. The Hall–Kier alpha value is -2.66. The van der Waals surface area contributed by atoms with E-state index in [1.807, 2.05) is 18.5 Å². The molecule has 4 aromatic rings. The molecule has 1 aliphatic rings. The van der Waals surface area contributed by atoms with Crippen molar-refractivity contribution < 1.29 is 4.39 Å². The lowest BCUT2D eigenvalue weighted by atomic mass is 9.98. The summed E-state index contributed by atoms with van der Waals surface area (Å²) in [7, 11) is 0. The van der Waals surface area contributed by atoms with Gasteiger partial charge >= 0.3 is 0 Å². The second kappa shape index (κ2) is 6.25. The highest BCUT2D eigenvalue weighted by atomic mass is 19.1. The fraction of sp³-hybridized carbons (Fsp3) is 0.286. The monoisotopic (exact) mass is 348 g/mol. The molecule has 0 saturated carbocycles. The van der Waals surface area contributed by atoms with Crippen LogP contribution in [0.1, 0.15) is 12.8 Å². The molecule has 5 heteroatoms. The number of piperidine rings is 1. The van der Waals surface area contributed by atoms with Crippen LogP contribution in [0.5, 0.6) is 0 Å². The number of fused-ring (bicyclic) bond motifs is 2. The molecule has 3 heterocycles. The lowest BCUT2D eigenvalue weighted by molar-refractivity contribution is 0.325. The molecule has 0 spiro atoms. The van der Waals surface area contributed by atoms with Gasteiger partial charge in [-0.25, -0.2) is 4.39 Å². The Balaban J connectivity index is 1.55. The summed E-state index contributed by atoms with van der Waals surface area (Å²) < 4.78 is 15.6. The number of hydrogen-bond donors (Lipinski definition) is 2. The third-order valence-corrected chi connectivity index (χ3v) is 5.49. The van der Waals surface area contributed by atoms with Crippen molar-refractivity contribution in [1.29, 1.82) is 0 Å². The van der Waals surface area contributed by atoms with Crippen molar-refractivity contribution in [3.63, 3.8) is 0 Å². The highest BCUT2D eigenvalue weighted by Gasteiger charge is 2.16. The first-order chi connectivity index (χ1) is 12.8. The molecule has 0 amide bonds. The minimum atomic E-state index is -0.221. The minimum Gasteiger partial charge on any atom is -0.360 e. The summed E-state index contributed by atoms with van der Waals surface area (Å²) in [4.78, 5) is 3.18. The van der Waals surface area contributed by atoms with E-state index in [2.05, 4.69) is 38.3 Å². The Labute approximate surface area is 151 Å². The number of hydrogen-bond acceptors (Lipinski definition) is 2. The van der Waals surface area contributed by atoms with Crippen LogP contribution < -0.4 is 5.32 Å². The third kappa shape index (κ3) is 2.69. The maximum absolute atomic E-state index is 13.5. The Kier molecular flexibility index (Phi) is 3.75. The number of H-pyrrole nitrogens is 1. The van der Waals surface area contributed by atoms with Crippen molar-refractivity contribution in [2.75, 3.05) is 13.1 Å². The predicted molar refractivity (Wildman–Crippen MR) is 103 cm³/mol. The molecule has 5 rings (SSSR count). The normalized spacial score (nSPS) is 15.9. The van der Waals surface area contributed by atoms with Gasteiger partial charge in [0.25, 0.3) is 0 Å². The van der Waals surface area contributed by atoms with Gasteiger partial charge in [0.1, 0.15) is 5.82 Å². The summed E-state index contributed by atoms with van der Waals surface area (Å²) in [6, 6.07) is 11.3. The van der Waals surface area contributed by atoms with Gasteiger partial charge in [-0.05, 0) is 61.7 Å². The molecule has 0 bridgehead atoms. The van der Waals surface area contributed by atoms with Gasteiger partial charge < -0.3 is 10.3 Å². The van der Waals surface area contributed by atoms with Crippen molar-refractivity contribution in [3.05, 3.63) is 54.6 Å². The van der Waals surface area contributed by atoms with Gasteiger partial charge in [0, 0.05) is 34.6 Å². The topological polar surface area (TPSA) is 45.6 Å². The van der Waals surface area contributed by atoms with Gasteiger partial charge in [-0.2, -0.15) is 5.10 Å². The van der Waals surface area contributed by atoms with Crippen molar-refractivity contribution >= 4 is 21.8 Å². The van der Waals surface area contributed by atoms with Crippen LogP contribution in [0.4, 0.5) is 4.39 Å². The van der Waals surface area contributed by atoms with Crippen LogP contribution in [0, 0.1) is 11.7 Å². The summed E-state index contributed by atoms with van der Waals surface area (Å²) >= 11 is 0. The third-order valence-electron chi connectivity index (χ3n) is 5.49. The van der Waals surface area contributed by atoms with Gasteiger partial charge in [0.15, 0.2) is 0 Å². The maximum atomic E-state index is 13.5. The molecule has 1 aliphatic heterocycles. The van der Waals surface area contributed by atoms with Gasteiger partial charge in [-0.1, -0.05) is 12.1 Å². The number of halogens is 1. The zero-order chi connectivity index (χ0) is 17.5. The Morgan fingerprint density at radius 2 is 2.00 bits per heavy atom. The van der Waals surface area contributed by atoms with Gasteiger partial charge in [0.05, 0.1) is 11.7 Å². The maximum Gasteiger partial charge on any atom is 0.125 e. The highest BCUT2D eigenvalue weighted by Crippen LogP contribution is 2.31. The zero-order valence-corrected chi connectivity index (χ0v) is 14.5. The van der Waals surface area contributed by atoms with E-state index in [-0.39, 0.29) is 5.82 Å². The average molecular weight is 348 g/mol. The Bertz CT molecular complexity index is 1070. The van der Waals surface area contributed by atoms with E-state index < -0.39 is 0 Å². The first-order valence-electron chi connectivity index (χ1n) is 9.21. The van der Waals surface area contributed by atoms with E-state index in [9.17, 15) is 4.39 Å². The zero-order valence-electron chi connectivity index (χ0n) is 14.5. The fourth-order valence-corrected chi connectivity index (χ4v) is 4.03. The Morgan fingerprint density at radius 3 is 2.88 bits per heavy atom. The van der Waals surface area contributed by atoms with Crippen LogP contribution in [0.3, 0.4) is 0 Å². The molecule has 0 aliphatic carbocycles. The van der Waals surface area contributed by atoms with E-state index in [0.29, 0.717) is 5.92 Å². The van der Waals surface area contributed by atoms with E-state index in [1.165, 1.54) is 18.9 Å². The van der Waals surface area contributed by atoms with Gasteiger partial charge in [-0.3, -0.25) is 4.68 Å². The molecule has 1 saturated heterocycles. The lowest BCUT2D eigenvalue weighted by Gasteiger charge is -2.22. The summed E-state index contributed by atoms with van der Waals surface area (Å²) in [5, 5.41) is 10.2. The lowest BCUT2D eigenvalue weighted by Crippen LogP contribution is -2.30. The van der Waals surface area contributed by atoms with Crippen LogP contribution in [-0.4, -0.2) is 27.9 Å². The Morgan fingerprint density at radius 1 is 1.12 bits per heavy atom. The average Bonchev–Trinajstić information content (AvgIpc) is 3.26. The standard InChI is InChI=1S/C21H21FN4/c22-17-3-4-18-19(12-24-20(18)10-17)15-1-2-16-11-25-26(21(16)9-15)13-14-5-7-23-8-6-14/h1-4,9-12,14,23-24H,5-8,13H2. The molecule has 132 valence electrons. The van der Waals surface area contributed by atoms with Gasteiger partial charge in [-0.15, -0.1) is 0 Å². The van der Waals surface area contributed by atoms with Crippen molar-refractivity contribution in [2.45, 2.75) is 19.4 Å². The molecule has 0 atom stereocenters. The number of nitrogens with one attached hydrogen (secondary N) is 2. The molecule has 4 nitrogen and oxygen atoms in total. The molecule has 2 aromatic carbocycles. The number of rotatable bonds is 3. The second-order valence-corrected chi connectivity index (χ2v) is 7.19. The van der Waals surface area contributed by atoms with Gasteiger partial charge in [0.2, 0.25) is 0 Å². The fourth-order valence-electron chi connectivity index (χ4n) is 4.03. The number of nitrogens with zero attached hydrogens (tertiary/aromatic N) is 2. The molecule has 0 radical (unpaired) electrons. The SMILES string of the molecule is Fc1ccc2c(-c3ccc4cnn(CC5CCNCC5)c4c3)c[nH]c2c1. The van der Waals surface area contributed by atoms with Crippen molar-refractivity contribution in [3.8, 4) is 11.1 Å². The molecule has 2 aromatic heterocycles. The molecule has 26 heavy (non-hydrogen) atoms. The number of aromatic nitrogens is 3. The van der Waals surface area contributed by atoms with Crippen LogP contribution in [0.15, 0.2) is 48.8 Å². The molecule has 1 fully saturated rings. The van der Waals surface area contributed by atoms with Crippen molar-refractivity contribution in [2.24, 2.45) is 5.92 Å². The largest absolute Gasteiger partial charge is 0.360 e. The molecular formula is C21H21FN4. The van der Waals surface area contributed by atoms with Crippen LogP contribution in [0.25, 0.3) is 32.9 Å². The van der Waals surface area contributed by atoms with Crippen LogP contribution in [0.2, 0.25) is 0 Å². The van der Waals surface area contributed by atoms with Crippen LogP contribution in [-0.2, 0) is 6.54 Å². The first kappa shape index (κ1) is 15.6. The molecule has 2 N–H and O–H groups in total. The highest BCUT2D eigenvalue weighted by molar-refractivity contribution is 5.97. The van der Waals surface area contributed by atoms with E-state index >= 15 is 0 Å². The second-order valence-electron chi connectivity index (χ2n) is 7.19. The quantitative estimate of drug-likeness (QED) is 0.579. The number of benzene rings is 2. The smallest absolute Gasteiger partial charge is 0.125 e. The van der Waals surface area contributed by atoms with E-state index in [0.717, 1.165) is 52.6 Å². The number of aromatic amines is 1. The van der Waals surface area contributed by atoms with Crippen molar-refractivity contribution in [1.82, 2.24) is 20.1 Å². The van der Waals surface area contributed by atoms with Crippen LogP contribution >= 0.6 is 0 Å². The predicted octanol–water partition coefficient (Wildman–Crippen LogP) is 4.32. The summed E-state index contributed by atoms with van der Waals surface area (Å²) in [5.41, 5.74) is 4.21. The summed E-state index contributed by atoms with van der Waals surface area (Å²) in [6.45, 7) is 3.16. The minimum absolute atomic E-state index is 0.221. The van der Waals surface area contributed by atoms with E-state index in [4.69, 9.17) is 0 Å². The molecular weight excluding hydrogens is 327 g/mol. The van der Waals surface area contributed by atoms with E-state index in [1.54, 1.807) is 6.07 Å². The molecule has 0 unspecified atom stereocenters. The summed E-state index contributed by atoms with van der Waals surface area (Å²) in [5.74, 6) is 0.459. The first-order valence-corrected chi connectivity index (χ1v) is 9.21.